The van der Waals surface area contributed by atoms with Gasteiger partial charge in [-0.05, 0) is 6.42 Å². The highest BCUT2D eigenvalue weighted by molar-refractivity contribution is 5.71. The van der Waals surface area contributed by atoms with E-state index in [9.17, 15) is 9.59 Å². The Hall–Kier alpha value is -2.36. The molecule has 0 aromatic carbocycles. The number of imidazole rings is 1. The van der Waals surface area contributed by atoms with Crippen LogP contribution in [0.2, 0.25) is 0 Å². The third-order valence-electron chi connectivity index (χ3n) is 3.81. The predicted octanol–water partition coefficient (Wildman–Crippen LogP) is 1.17. The minimum absolute atomic E-state index is 0.109. The molecule has 0 unspecified atom stereocenters. The SMILES string of the molecule is CCCCn1c(CC)nc2c1c(=O)n(CCC#N)c(=O)n2C. The lowest BCUT2D eigenvalue weighted by molar-refractivity contribution is 0.596. The van der Waals surface area contributed by atoms with E-state index in [0.717, 1.165) is 23.2 Å². The second-order valence-electron chi connectivity index (χ2n) is 5.27. The lowest BCUT2D eigenvalue weighted by Gasteiger charge is -2.09. The fraction of sp³-hybridized carbons (Fsp3) is 0.600. The van der Waals surface area contributed by atoms with Crippen LogP contribution in [0.5, 0.6) is 0 Å². The normalized spacial score (nSPS) is 11.0. The third-order valence-corrected chi connectivity index (χ3v) is 3.81. The maximum Gasteiger partial charge on any atom is 0.332 e. The van der Waals surface area contributed by atoms with Crippen molar-refractivity contribution in [2.75, 3.05) is 0 Å². The zero-order valence-corrected chi connectivity index (χ0v) is 13.3. The highest BCUT2D eigenvalue weighted by Crippen LogP contribution is 2.13. The van der Waals surface area contributed by atoms with E-state index in [4.69, 9.17) is 5.26 Å². The van der Waals surface area contributed by atoms with Crippen molar-refractivity contribution in [3.05, 3.63) is 26.7 Å². The van der Waals surface area contributed by atoms with Gasteiger partial charge in [0.15, 0.2) is 11.2 Å². The zero-order chi connectivity index (χ0) is 16.3. The summed E-state index contributed by atoms with van der Waals surface area (Å²) in [5, 5.41) is 8.71. The first-order valence-electron chi connectivity index (χ1n) is 7.62. The highest BCUT2D eigenvalue weighted by Gasteiger charge is 2.18. The Kier molecular flexibility index (Phi) is 4.81. The Bertz CT molecular complexity index is 835. The summed E-state index contributed by atoms with van der Waals surface area (Å²) in [7, 11) is 1.61. The molecule has 0 atom stereocenters. The third kappa shape index (κ3) is 2.56. The van der Waals surface area contributed by atoms with E-state index >= 15 is 0 Å². The second kappa shape index (κ2) is 6.60. The Morgan fingerprint density at radius 3 is 2.50 bits per heavy atom. The molecule has 7 nitrogen and oxygen atoms in total. The molecule has 2 heterocycles. The van der Waals surface area contributed by atoms with E-state index in [1.807, 2.05) is 17.6 Å². The number of aromatic nitrogens is 4. The molecule has 0 aliphatic heterocycles. The van der Waals surface area contributed by atoms with Gasteiger partial charge in [0.05, 0.1) is 12.5 Å². The van der Waals surface area contributed by atoms with E-state index < -0.39 is 5.69 Å². The van der Waals surface area contributed by atoms with Crippen LogP contribution in [0.3, 0.4) is 0 Å². The molecule has 0 fully saturated rings. The lowest BCUT2D eigenvalue weighted by Crippen LogP contribution is -2.39. The van der Waals surface area contributed by atoms with Crippen LogP contribution in [0.1, 0.15) is 38.9 Å². The van der Waals surface area contributed by atoms with E-state index in [0.29, 0.717) is 24.1 Å². The van der Waals surface area contributed by atoms with Crippen molar-refractivity contribution in [3.8, 4) is 6.07 Å². The van der Waals surface area contributed by atoms with Gasteiger partial charge in [-0.2, -0.15) is 5.26 Å². The molecule has 0 aliphatic rings. The molecule has 0 N–H and O–H groups in total. The second-order valence-corrected chi connectivity index (χ2v) is 5.27. The molecule has 0 radical (unpaired) electrons. The number of aryl methyl sites for hydroxylation is 3. The maximum atomic E-state index is 12.7. The van der Waals surface area contributed by atoms with Gasteiger partial charge in [0.25, 0.3) is 5.56 Å². The molecule has 0 saturated carbocycles. The predicted molar refractivity (Wildman–Crippen MR) is 83.8 cm³/mol. The summed E-state index contributed by atoms with van der Waals surface area (Å²) in [6, 6.07) is 1.97. The first-order valence-corrected chi connectivity index (χ1v) is 7.62. The lowest BCUT2D eigenvalue weighted by atomic mass is 10.3. The molecule has 0 bridgehead atoms. The fourth-order valence-corrected chi connectivity index (χ4v) is 2.60. The van der Waals surface area contributed by atoms with Crippen molar-refractivity contribution in [2.45, 2.75) is 52.6 Å². The molecular formula is C15H21N5O2. The van der Waals surface area contributed by atoms with Crippen molar-refractivity contribution >= 4 is 11.2 Å². The fourth-order valence-electron chi connectivity index (χ4n) is 2.60. The molecule has 7 heteroatoms. The van der Waals surface area contributed by atoms with Crippen LogP contribution in [0.4, 0.5) is 0 Å². The topological polar surface area (TPSA) is 85.6 Å². The van der Waals surface area contributed by atoms with Gasteiger partial charge in [-0.15, -0.1) is 0 Å². The Labute approximate surface area is 128 Å². The minimum atomic E-state index is -0.421. The van der Waals surface area contributed by atoms with Gasteiger partial charge in [0, 0.05) is 26.6 Å². The van der Waals surface area contributed by atoms with E-state index in [1.54, 1.807) is 7.05 Å². The van der Waals surface area contributed by atoms with Crippen molar-refractivity contribution in [3.63, 3.8) is 0 Å². The zero-order valence-electron chi connectivity index (χ0n) is 13.3. The molecule has 2 rings (SSSR count). The summed E-state index contributed by atoms with van der Waals surface area (Å²) in [5.74, 6) is 0.814. The smallest absolute Gasteiger partial charge is 0.322 e. The summed E-state index contributed by atoms with van der Waals surface area (Å²) in [5.41, 5.74) is 0.119. The first kappa shape index (κ1) is 16.0. The van der Waals surface area contributed by atoms with E-state index in [-0.39, 0.29) is 18.5 Å². The van der Waals surface area contributed by atoms with Gasteiger partial charge in [-0.3, -0.25) is 13.9 Å². The van der Waals surface area contributed by atoms with Crippen LogP contribution >= 0.6 is 0 Å². The maximum absolute atomic E-state index is 12.7. The molecule has 0 amide bonds. The van der Waals surface area contributed by atoms with Crippen LogP contribution in [-0.4, -0.2) is 18.7 Å². The largest absolute Gasteiger partial charge is 0.332 e. The standard InChI is InChI=1S/C15H21N5O2/c1-4-6-9-19-11(5-2)17-13-12(19)14(21)20(10-7-8-16)15(22)18(13)3/h4-7,9-10H2,1-3H3. The molecule has 2 aromatic rings. The summed E-state index contributed by atoms with van der Waals surface area (Å²) in [6.07, 6.45) is 2.78. The van der Waals surface area contributed by atoms with Crippen molar-refractivity contribution < 1.29 is 0 Å². The average Bonchev–Trinajstić information content (AvgIpc) is 2.89. The van der Waals surface area contributed by atoms with Crippen molar-refractivity contribution in [1.29, 1.82) is 5.26 Å². The van der Waals surface area contributed by atoms with Gasteiger partial charge < -0.3 is 4.57 Å². The molecule has 118 valence electrons. The molecule has 0 aliphatic carbocycles. The Morgan fingerprint density at radius 1 is 1.18 bits per heavy atom. The number of nitriles is 1. The van der Waals surface area contributed by atoms with Gasteiger partial charge in [-0.1, -0.05) is 20.3 Å². The van der Waals surface area contributed by atoms with Gasteiger partial charge in [0.1, 0.15) is 5.82 Å². The summed E-state index contributed by atoms with van der Waals surface area (Å²) < 4.78 is 4.45. The molecule has 0 saturated heterocycles. The van der Waals surface area contributed by atoms with E-state index in [1.165, 1.54) is 4.57 Å². The molecule has 22 heavy (non-hydrogen) atoms. The Balaban J connectivity index is 2.79. The summed E-state index contributed by atoms with van der Waals surface area (Å²) in [6.45, 7) is 4.89. The summed E-state index contributed by atoms with van der Waals surface area (Å²) >= 11 is 0. The Morgan fingerprint density at radius 2 is 1.91 bits per heavy atom. The van der Waals surface area contributed by atoms with Gasteiger partial charge in [-0.25, -0.2) is 9.78 Å². The molecule has 2 aromatic heterocycles. The monoisotopic (exact) mass is 303 g/mol. The number of hydrogen-bond donors (Lipinski definition) is 0. The van der Waals surface area contributed by atoms with Crippen LogP contribution < -0.4 is 11.2 Å². The number of nitrogens with zero attached hydrogens (tertiary/aromatic N) is 5. The van der Waals surface area contributed by atoms with Crippen LogP contribution in [0, 0.1) is 11.3 Å². The number of hydrogen-bond acceptors (Lipinski definition) is 4. The number of fused-ring (bicyclic) bond motifs is 1. The highest BCUT2D eigenvalue weighted by atomic mass is 16.2. The van der Waals surface area contributed by atoms with Gasteiger partial charge >= 0.3 is 5.69 Å². The average molecular weight is 303 g/mol. The van der Waals surface area contributed by atoms with Crippen LogP contribution in [-0.2, 0) is 26.6 Å². The van der Waals surface area contributed by atoms with Crippen LogP contribution in [0.25, 0.3) is 11.2 Å². The molecule has 0 spiro atoms. The summed E-state index contributed by atoms with van der Waals surface area (Å²) in [4.78, 5) is 29.5. The molecular weight excluding hydrogens is 282 g/mol. The number of unbranched alkanes of at least 4 members (excludes halogenated alkanes) is 1. The quantitative estimate of drug-likeness (QED) is 0.801. The number of rotatable bonds is 6. The van der Waals surface area contributed by atoms with E-state index in [2.05, 4.69) is 11.9 Å². The van der Waals surface area contributed by atoms with Gasteiger partial charge in [0.2, 0.25) is 0 Å². The minimum Gasteiger partial charge on any atom is -0.322 e. The first-order chi connectivity index (χ1) is 10.6. The van der Waals surface area contributed by atoms with Crippen molar-refractivity contribution in [2.24, 2.45) is 7.05 Å². The van der Waals surface area contributed by atoms with Crippen LogP contribution in [0.15, 0.2) is 9.59 Å². The van der Waals surface area contributed by atoms with Crippen molar-refractivity contribution in [1.82, 2.24) is 18.7 Å².